The minimum absolute atomic E-state index is 0.0311. The highest BCUT2D eigenvalue weighted by Crippen LogP contribution is 2.43. The molecule has 21 heavy (non-hydrogen) atoms. The van der Waals surface area contributed by atoms with Crippen molar-refractivity contribution in [3.63, 3.8) is 0 Å². The summed E-state index contributed by atoms with van der Waals surface area (Å²) in [6.45, 7) is 0. The first kappa shape index (κ1) is 16.3. The zero-order valence-electron chi connectivity index (χ0n) is 11.4. The topological polar surface area (TPSA) is 35.5 Å². The summed E-state index contributed by atoms with van der Waals surface area (Å²) in [4.78, 5) is 12.7. The highest BCUT2D eigenvalue weighted by molar-refractivity contribution is 9.10. The van der Waals surface area contributed by atoms with E-state index in [0.29, 0.717) is 26.6 Å². The number of hydrogen-bond donors (Lipinski definition) is 0. The van der Waals surface area contributed by atoms with Gasteiger partial charge in [-0.3, -0.25) is 4.79 Å². The third-order valence-electron chi connectivity index (χ3n) is 2.81. The molecule has 0 heterocycles. The maximum Gasteiger partial charge on any atom is 0.193 e. The molecule has 6 heteroatoms. The average Bonchev–Trinajstić information content (AvgIpc) is 2.47. The van der Waals surface area contributed by atoms with E-state index in [1.54, 1.807) is 6.07 Å². The van der Waals surface area contributed by atoms with E-state index in [4.69, 9.17) is 21.1 Å². The summed E-state index contributed by atoms with van der Waals surface area (Å²) in [5.41, 5.74) is 0.277. The first-order valence-electron chi connectivity index (χ1n) is 6.04. The molecule has 0 spiro atoms. The maximum atomic E-state index is 12.7. The summed E-state index contributed by atoms with van der Waals surface area (Å²) in [6.07, 6.45) is 0. The molecule has 2 aromatic rings. The predicted molar refractivity (Wildman–Crippen MR) is 91.0 cm³/mol. The average molecular weight is 388 g/mol. The Morgan fingerprint density at radius 2 is 1.76 bits per heavy atom. The summed E-state index contributed by atoms with van der Waals surface area (Å²) in [5, 5.41) is 1.31. The molecule has 0 aromatic heterocycles. The molecule has 0 bridgehead atoms. The van der Waals surface area contributed by atoms with Gasteiger partial charge < -0.3 is 9.47 Å². The van der Waals surface area contributed by atoms with E-state index in [1.165, 1.54) is 14.2 Å². The monoisotopic (exact) mass is 386 g/mol. The van der Waals surface area contributed by atoms with Crippen molar-refractivity contribution in [1.82, 2.24) is 0 Å². The summed E-state index contributed by atoms with van der Waals surface area (Å²) < 4.78 is 11.2. The highest BCUT2D eigenvalue weighted by atomic mass is 79.9. The van der Waals surface area contributed by atoms with Gasteiger partial charge >= 0.3 is 0 Å². The van der Waals surface area contributed by atoms with E-state index < -0.39 is 0 Å². The molecule has 2 aromatic carbocycles. The van der Waals surface area contributed by atoms with E-state index in [9.17, 15) is 4.79 Å². The minimum atomic E-state index is -0.0851. The Hall–Kier alpha value is -1.09. The number of methoxy groups -OCH3 is 2. The fourth-order valence-corrected chi connectivity index (χ4v) is 3.88. The number of halogens is 2. The van der Waals surface area contributed by atoms with E-state index in [-0.39, 0.29) is 14.1 Å². The van der Waals surface area contributed by atoms with Crippen LogP contribution in [0.4, 0.5) is 0 Å². The highest BCUT2D eigenvalue weighted by Gasteiger charge is 2.24. The number of benzene rings is 2. The van der Waals surface area contributed by atoms with Gasteiger partial charge in [0.25, 0.3) is 0 Å². The molecular formula is C15H13BrClO3P. The van der Waals surface area contributed by atoms with Gasteiger partial charge in [-0.2, -0.15) is 0 Å². The molecule has 0 amide bonds. The summed E-state index contributed by atoms with van der Waals surface area (Å²) in [5.74, 6) is 0.773. The summed E-state index contributed by atoms with van der Waals surface area (Å²) in [6, 6.07) is 11.2. The van der Waals surface area contributed by atoms with Gasteiger partial charge in [-0.1, -0.05) is 41.9 Å². The number of hydrogen-bond acceptors (Lipinski definition) is 3. The fraction of sp³-hybridized carbons (Fsp3) is 0.133. The second-order valence-electron chi connectivity index (χ2n) is 4.10. The predicted octanol–water partition coefficient (Wildman–Crippen LogP) is 4.26. The molecule has 1 atom stereocenters. The first-order chi connectivity index (χ1) is 10.1. The van der Waals surface area contributed by atoms with Gasteiger partial charge in [-0.25, -0.2) is 0 Å². The van der Waals surface area contributed by atoms with Crippen molar-refractivity contribution in [2.75, 3.05) is 14.2 Å². The van der Waals surface area contributed by atoms with Gasteiger partial charge in [-0.05, 0) is 35.9 Å². The first-order valence-corrected chi connectivity index (χ1v) is 8.22. The van der Waals surface area contributed by atoms with Crippen LogP contribution in [0.15, 0.2) is 40.9 Å². The molecule has 0 saturated carbocycles. The van der Waals surface area contributed by atoms with Crippen molar-refractivity contribution in [2.24, 2.45) is 0 Å². The lowest BCUT2D eigenvalue weighted by atomic mass is 10.2. The molecule has 0 aliphatic heterocycles. The molecule has 2 rings (SSSR count). The SMILES string of the molecule is COc1c(Cl)cc(Br)c(OC)c1C(=O)Pc1ccccc1. The molecule has 0 aliphatic carbocycles. The fourth-order valence-electron chi connectivity index (χ4n) is 1.90. The molecule has 0 fully saturated rings. The third kappa shape index (κ3) is 3.57. The van der Waals surface area contributed by atoms with Crippen molar-refractivity contribution in [1.29, 1.82) is 0 Å². The van der Waals surface area contributed by atoms with Crippen LogP contribution in [0.1, 0.15) is 10.4 Å². The Labute approximate surface area is 138 Å². The third-order valence-corrected chi connectivity index (χ3v) is 4.78. The quantitative estimate of drug-likeness (QED) is 0.719. The molecule has 110 valence electrons. The van der Waals surface area contributed by atoms with Crippen LogP contribution in [0.2, 0.25) is 5.02 Å². The number of carbonyl (C=O) groups excluding carboxylic acids is 1. The van der Waals surface area contributed by atoms with E-state index >= 15 is 0 Å². The molecule has 0 saturated heterocycles. The number of ether oxygens (including phenoxy) is 2. The molecular weight excluding hydrogens is 374 g/mol. The second kappa shape index (κ2) is 7.26. The van der Waals surface area contributed by atoms with E-state index in [1.807, 2.05) is 30.3 Å². The van der Waals surface area contributed by atoms with Gasteiger partial charge in [0.15, 0.2) is 11.3 Å². The zero-order chi connectivity index (χ0) is 15.4. The van der Waals surface area contributed by atoms with Crippen LogP contribution in [0.5, 0.6) is 11.5 Å². The number of carbonyl (C=O) groups is 1. The Balaban J connectivity index is 2.48. The molecule has 3 nitrogen and oxygen atoms in total. The van der Waals surface area contributed by atoms with Crippen LogP contribution in [0, 0.1) is 0 Å². The van der Waals surface area contributed by atoms with Crippen LogP contribution in [0.3, 0.4) is 0 Å². The Bertz CT molecular complexity index is 633. The van der Waals surface area contributed by atoms with Crippen molar-refractivity contribution < 1.29 is 14.3 Å². The normalized spacial score (nSPS) is 10.9. The molecule has 0 aliphatic rings. The van der Waals surface area contributed by atoms with Gasteiger partial charge in [-0.15, -0.1) is 0 Å². The van der Waals surface area contributed by atoms with Crippen LogP contribution >= 0.6 is 36.1 Å². The summed E-state index contributed by atoms with van der Waals surface area (Å²) >= 11 is 9.51. The zero-order valence-corrected chi connectivity index (χ0v) is 14.8. The molecule has 1 unspecified atom stereocenters. The maximum absolute atomic E-state index is 12.7. The van der Waals surface area contributed by atoms with Crippen molar-refractivity contribution in [2.45, 2.75) is 0 Å². The minimum Gasteiger partial charge on any atom is -0.495 e. The van der Waals surface area contributed by atoms with Crippen molar-refractivity contribution in [3.05, 3.63) is 51.5 Å². The van der Waals surface area contributed by atoms with Gasteiger partial charge in [0.05, 0.1) is 23.7 Å². The largest absolute Gasteiger partial charge is 0.495 e. The lowest BCUT2D eigenvalue weighted by molar-refractivity contribution is 0.108. The Morgan fingerprint density at radius 1 is 1.14 bits per heavy atom. The lowest BCUT2D eigenvalue weighted by Crippen LogP contribution is -2.06. The van der Waals surface area contributed by atoms with Crippen molar-refractivity contribution >= 4 is 46.9 Å². The number of rotatable bonds is 5. The Morgan fingerprint density at radius 3 is 2.33 bits per heavy atom. The van der Waals surface area contributed by atoms with Crippen LogP contribution in [-0.2, 0) is 0 Å². The van der Waals surface area contributed by atoms with Gasteiger partial charge in [0, 0.05) is 0 Å². The smallest absolute Gasteiger partial charge is 0.193 e. The molecule has 0 radical (unpaired) electrons. The van der Waals surface area contributed by atoms with E-state index in [0.717, 1.165) is 5.30 Å². The van der Waals surface area contributed by atoms with Gasteiger partial charge in [0.1, 0.15) is 11.3 Å². The van der Waals surface area contributed by atoms with Gasteiger partial charge in [0.2, 0.25) is 0 Å². The van der Waals surface area contributed by atoms with E-state index in [2.05, 4.69) is 15.9 Å². The second-order valence-corrected chi connectivity index (χ2v) is 6.64. The van der Waals surface area contributed by atoms with Crippen LogP contribution in [0.25, 0.3) is 0 Å². The molecule has 0 N–H and O–H groups in total. The summed E-state index contributed by atoms with van der Waals surface area (Å²) in [7, 11) is 2.96. The lowest BCUT2D eigenvalue weighted by Gasteiger charge is -2.15. The van der Waals surface area contributed by atoms with Crippen molar-refractivity contribution in [3.8, 4) is 11.5 Å². The van der Waals surface area contributed by atoms with Crippen LogP contribution < -0.4 is 14.8 Å². The van der Waals surface area contributed by atoms with Crippen LogP contribution in [-0.4, -0.2) is 19.7 Å². The standard InChI is InChI=1S/C15H13BrClO3P/c1-19-13-10(16)8-11(17)14(20-2)12(13)15(18)21-9-6-4-3-5-7-9/h3-8,21H,1-2H3. The Kier molecular flexibility index (Phi) is 5.63.